The van der Waals surface area contributed by atoms with E-state index in [1.54, 1.807) is 0 Å². The Bertz CT molecular complexity index is 245. The van der Waals surface area contributed by atoms with Gasteiger partial charge >= 0.3 is 0 Å². The van der Waals surface area contributed by atoms with Crippen molar-refractivity contribution in [3.63, 3.8) is 0 Å². The fourth-order valence-electron chi connectivity index (χ4n) is 2.01. The predicted molar refractivity (Wildman–Crippen MR) is 85.4 cm³/mol. The van der Waals surface area contributed by atoms with Crippen molar-refractivity contribution in [1.82, 2.24) is 0 Å². The number of Topliss-reactive ketones (excluding diaryl/α,β-unsaturated/α-hetero) is 1. The van der Waals surface area contributed by atoms with Crippen molar-refractivity contribution in [3.05, 3.63) is 12.2 Å². The Balaban J connectivity index is 3.28. The summed E-state index contributed by atoms with van der Waals surface area (Å²) in [4.78, 5) is 11.7. The standard InChI is InChI=1S/C18H34O/c1-5-6-7-8-9-10-11-12-13-14-15-16-17(19)18(2,3)4/h8-9H,5-7,10-16H2,1-4H3/b9-8-. The maximum absolute atomic E-state index is 11.7. The average molecular weight is 266 g/mol. The number of hydrogen-bond acceptors (Lipinski definition) is 1. The Morgan fingerprint density at radius 3 is 1.95 bits per heavy atom. The molecule has 0 saturated carbocycles. The predicted octanol–water partition coefficient (Wildman–Crippen LogP) is 6.08. The first kappa shape index (κ1) is 18.4. The Kier molecular flexibility index (Phi) is 10.9. The molecule has 0 aromatic heterocycles. The summed E-state index contributed by atoms with van der Waals surface area (Å²) >= 11 is 0. The molecule has 0 saturated heterocycles. The van der Waals surface area contributed by atoms with Crippen LogP contribution in [-0.4, -0.2) is 5.78 Å². The third-order valence-corrected chi connectivity index (χ3v) is 3.50. The van der Waals surface area contributed by atoms with Crippen LogP contribution in [0.15, 0.2) is 12.2 Å². The van der Waals surface area contributed by atoms with Crippen molar-refractivity contribution in [2.75, 3.05) is 0 Å². The maximum atomic E-state index is 11.7. The molecule has 0 radical (unpaired) electrons. The lowest BCUT2D eigenvalue weighted by molar-refractivity contribution is -0.126. The van der Waals surface area contributed by atoms with Gasteiger partial charge in [-0.1, -0.05) is 72.0 Å². The van der Waals surface area contributed by atoms with Gasteiger partial charge in [-0.25, -0.2) is 0 Å². The van der Waals surface area contributed by atoms with E-state index in [0.717, 1.165) is 12.8 Å². The molecule has 0 N–H and O–H groups in total. The Morgan fingerprint density at radius 1 is 0.842 bits per heavy atom. The Labute approximate surface area is 120 Å². The summed E-state index contributed by atoms with van der Waals surface area (Å²) in [5, 5.41) is 0. The minimum Gasteiger partial charge on any atom is -0.299 e. The smallest absolute Gasteiger partial charge is 0.138 e. The summed E-state index contributed by atoms with van der Waals surface area (Å²) in [6.07, 6.45) is 16.7. The highest BCUT2D eigenvalue weighted by Gasteiger charge is 2.19. The molecular weight excluding hydrogens is 232 g/mol. The first-order chi connectivity index (χ1) is 8.98. The molecule has 0 atom stereocenters. The maximum Gasteiger partial charge on any atom is 0.138 e. The summed E-state index contributed by atoms with van der Waals surface area (Å²) in [7, 11) is 0. The second-order valence-corrected chi connectivity index (χ2v) is 6.59. The van der Waals surface area contributed by atoms with Crippen molar-refractivity contribution >= 4 is 5.78 Å². The number of unbranched alkanes of at least 4 members (excludes halogenated alkanes) is 7. The third-order valence-electron chi connectivity index (χ3n) is 3.50. The molecule has 0 heterocycles. The van der Waals surface area contributed by atoms with Crippen LogP contribution in [-0.2, 0) is 4.79 Å². The molecule has 0 aliphatic heterocycles. The molecule has 0 bridgehead atoms. The molecular formula is C18H34O. The minimum atomic E-state index is -0.150. The summed E-state index contributed by atoms with van der Waals surface area (Å²) < 4.78 is 0. The van der Waals surface area contributed by atoms with Gasteiger partial charge in [0.05, 0.1) is 0 Å². The number of allylic oxidation sites excluding steroid dienone is 2. The number of carbonyl (C=O) groups is 1. The molecule has 0 spiro atoms. The van der Waals surface area contributed by atoms with Crippen molar-refractivity contribution < 1.29 is 4.79 Å². The van der Waals surface area contributed by atoms with Crippen LogP contribution in [0.3, 0.4) is 0 Å². The average Bonchev–Trinajstić information content (AvgIpc) is 2.34. The molecule has 0 rings (SSSR count). The van der Waals surface area contributed by atoms with Crippen LogP contribution in [0.4, 0.5) is 0 Å². The molecule has 0 fully saturated rings. The lowest BCUT2D eigenvalue weighted by Crippen LogP contribution is -2.19. The van der Waals surface area contributed by atoms with E-state index in [9.17, 15) is 4.79 Å². The van der Waals surface area contributed by atoms with Crippen LogP contribution in [0.5, 0.6) is 0 Å². The molecule has 19 heavy (non-hydrogen) atoms. The minimum absolute atomic E-state index is 0.150. The SMILES string of the molecule is CCCC/C=C\CCCCCCCC(=O)C(C)(C)C. The number of carbonyl (C=O) groups excluding carboxylic acids is 1. The van der Waals surface area contributed by atoms with Gasteiger partial charge in [0.15, 0.2) is 0 Å². The highest BCUT2D eigenvalue weighted by Crippen LogP contribution is 2.19. The summed E-state index contributed by atoms with van der Waals surface area (Å²) in [5.41, 5.74) is -0.150. The fraction of sp³-hybridized carbons (Fsp3) is 0.833. The molecule has 112 valence electrons. The van der Waals surface area contributed by atoms with E-state index < -0.39 is 0 Å². The molecule has 0 amide bonds. The Morgan fingerprint density at radius 2 is 1.37 bits per heavy atom. The lowest BCUT2D eigenvalue weighted by atomic mass is 9.88. The van der Waals surface area contributed by atoms with Crippen molar-refractivity contribution in [2.24, 2.45) is 5.41 Å². The van der Waals surface area contributed by atoms with Crippen LogP contribution < -0.4 is 0 Å². The number of hydrogen-bond donors (Lipinski definition) is 0. The van der Waals surface area contributed by atoms with Gasteiger partial charge in [0.1, 0.15) is 5.78 Å². The third kappa shape index (κ3) is 12.2. The molecule has 0 unspecified atom stereocenters. The summed E-state index contributed by atoms with van der Waals surface area (Å²) in [5.74, 6) is 0.409. The molecule has 0 aromatic rings. The number of ketones is 1. The van der Waals surface area contributed by atoms with E-state index in [2.05, 4.69) is 19.1 Å². The summed E-state index contributed by atoms with van der Waals surface area (Å²) in [6, 6.07) is 0. The fourth-order valence-corrected chi connectivity index (χ4v) is 2.01. The van der Waals surface area contributed by atoms with Crippen LogP contribution in [0, 0.1) is 5.41 Å². The monoisotopic (exact) mass is 266 g/mol. The highest BCUT2D eigenvalue weighted by atomic mass is 16.1. The zero-order valence-electron chi connectivity index (χ0n) is 13.6. The van der Waals surface area contributed by atoms with Crippen molar-refractivity contribution in [1.29, 1.82) is 0 Å². The van der Waals surface area contributed by atoms with Gasteiger partial charge in [-0.2, -0.15) is 0 Å². The molecule has 1 heteroatoms. The Hall–Kier alpha value is -0.590. The van der Waals surface area contributed by atoms with Crippen LogP contribution in [0.1, 0.15) is 91.9 Å². The number of rotatable bonds is 11. The van der Waals surface area contributed by atoms with E-state index in [-0.39, 0.29) is 5.41 Å². The normalized spacial score (nSPS) is 12.2. The van der Waals surface area contributed by atoms with Gasteiger partial charge in [-0.05, 0) is 25.7 Å². The van der Waals surface area contributed by atoms with E-state index in [0.29, 0.717) is 5.78 Å². The second-order valence-electron chi connectivity index (χ2n) is 6.59. The highest BCUT2D eigenvalue weighted by molar-refractivity contribution is 5.83. The van der Waals surface area contributed by atoms with Crippen molar-refractivity contribution in [2.45, 2.75) is 91.9 Å². The van der Waals surface area contributed by atoms with E-state index in [1.165, 1.54) is 51.4 Å². The largest absolute Gasteiger partial charge is 0.299 e. The van der Waals surface area contributed by atoms with E-state index >= 15 is 0 Å². The van der Waals surface area contributed by atoms with Crippen LogP contribution in [0.25, 0.3) is 0 Å². The molecule has 1 nitrogen and oxygen atoms in total. The quantitative estimate of drug-likeness (QED) is 0.327. The van der Waals surface area contributed by atoms with Gasteiger partial charge in [-0.3, -0.25) is 4.79 Å². The van der Waals surface area contributed by atoms with Crippen LogP contribution in [0.2, 0.25) is 0 Å². The van der Waals surface area contributed by atoms with E-state index in [4.69, 9.17) is 0 Å². The van der Waals surface area contributed by atoms with Crippen LogP contribution >= 0.6 is 0 Å². The van der Waals surface area contributed by atoms with E-state index in [1.807, 2.05) is 20.8 Å². The lowest BCUT2D eigenvalue weighted by Gasteiger charge is -2.16. The molecule has 0 aliphatic rings. The van der Waals surface area contributed by atoms with Gasteiger partial charge < -0.3 is 0 Å². The zero-order valence-corrected chi connectivity index (χ0v) is 13.6. The summed E-state index contributed by atoms with van der Waals surface area (Å²) in [6.45, 7) is 8.28. The second kappa shape index (κ2) is 11.3. The van der Waals surface area contributed by atoms with Gasteiger partial charge in [-0.15, -0.1) is 0 Å². The molecule has 0 aromatic carbocycles. The zero-order chi connectivity index (χ0) is 14.6. The van der Waals surface area contributed by atoms with Gasteiger partial charge in [0.2, 0.25) is 0 Å². The topological polar surface area (TPSA) is 17.1 Å². The van der Waals surface area contributed by atoms with Gasteiger partial charge in [0, 0.05) is 11.8 Å². The first-order valence-electron chi connectivity index (χ1n) is 8.16. The van der Waals surface area contributed by atoms with Gasteiger partial charge in [0.25, 0.3) is 0 Å². The molecule has 0 aliphatic carbocycles. The van der Waals surface area contributed by atoms with Crippen molar-refractivity contribution in [3.8, 4) is 0 Å². The first-order valence-corrected chi connectivity index (χ1v) is 8.16.